The maximum Gasteiger partial charge on any atom is 0.224 e. The van der Waals surface area contributed by atoms with Gasteiger partial charge in [0.15, 0.2) is 0 Å². The lowest BCUT2D eigenvalue weighted by Crippen LogP contribution is -2.27. The van der Waals surface area contributed by atoms with Gasteiger partial charge >= 0.3 is 0 Å². The molecule has 126 valence electrons. The second kappa shape index (κ2) is 7.17. The summed E-state index contributed by atoms with van der Waals surface area (Å²) in [5.74, 6) is 0.0809. The Balaban J connectivity index is 1.94. The first-order chi connectivity index (χ1) is 10.8. The minimum absolute atomic E-state index is 0.0809. The van der Waals surface area contributed by atoms with Crippen LogP contribution in [0, 0.1) is 20.8 Å². The molecule has 1 amide bonds. The highest BCUT2D eigenvalue weighted by Gasteiger charge is 2.15. The lowest BCUT2D eigenvalue weighted by atomic mass is 10.2. The fourth-order valence-corrected chi connectivity index (χ4v) is 2.64. The largest absolute Gasteiger partial charge is 0.341 e. The SMILES string of the molecule is CCn1cc(CN(C)C(=O)CCn2nc(C)c(Cl)c2C)c(C)n1. The summed E-state index contributed by atoms with van der Waals surface area (Å²) in [6, 6.07) is 0. The van der Waals surface area contributed by atoms with Crippen molar-refractivity contribution in [2.24, 2.45) is 0 Å². The smallest absolute Gasteiger partial charge is 0.224 e. The van der Waals surface area contributed by atoms with Crippen molar-refractivity contribution < 1.29 is 4.79 Å². The average molecular weight is 338 g/mol. The predicted molar refractivity (Wildman–Crippen MR) is 90.4 cm³/mol. The van der Waals surface area contributed by atoms with Crippen LogP contribution in [-0.4, -0.2) is 37.4 Å². The molecule has 0 radical (unpaired) electrons. The van der Waals surface area contributed by atoms with Crippen molar-refractivity contribution in [2.45, 2.75) is 53.8 Å². The molecule has 0 aromatic carbocycles. The molecule has 23 heavy (non-hydrogen) atoms. The minimum Gasteiger partial charge on any atom is -0.341 e. The summed E-state index contributed by atoms with van der Waals surface area (Å²) in [4.78, 5) is 14.1. The van der Waals surface area contributed by atoms with Crippen molar-refractivity contribution in [3.05, 3.63) is 33.9 Å². The molecule has 0 saturated carbocycles. The lowest BCUT2D eigenvalue weighted by Gasteiger charge is -2.17. The van der Waals surface area contributed by atoms with Crippen LogP contribution in [0.3, 0.4) is 0 Å². The topological polar surface area (TPSA) is 56.0 Å². The zero-order valence-electron chi connectivity index (χ0n) is 14.4. The van der Waals surface area contributed by atoms with E-state index in [0.717, 1.165) is 29.2 Å². The minimum atomic E-state index is 0.0809. The zero-order chi connectivity index (χ0) is 17.1. The maximum absolute atomic E-state index is 12.3. The van der Waals surface area contributed by atoms with E-state index in [2.05, 4.69) is 10.2 Å². The highest BCUT2D eigenvalue weighted by Crippen LogP contribution is 2.19. The third-order valence-corrected chi connectivity index (χ3v) is 4.58. The summed E-state index contributed by atoms with van der Waals surface area (Å²) in [6.45, 7) is 9.74. The van der Waals surface area contributed by atoms with Gasteiger partial charge in [0.05, 0.1) is 28.6 Å². The van der Waals surface area contributed by atoms with Crippen LogP contribution in [-0.2, 0) is 24.4 Å². The molecule has 2 rings (SSSR count). The first-order valence-corrected chi connectivity index (χ1v) is 8.17. The lowest BCUT2D eigenvalue weighted by molar-refractivity contribution is -0.130. The van der Waals surface area contributed by atoms with E-state index in [-0.39, 0.29) is 5.91 Å². The molecule has 0 spiro atoms. The molecule has 6 nitrogen and oxygen atoms in total. The molecule has 0 N–H and O–H groups in total. The summed E-state index contributed by atoms with van der Waals surface area (Å²) in [6.07, 6.45) is 2.40. The Kier molecular flexibility index (Phi) is 5.46. The first kappa shape index (κ1) is 17.5. The van der Waals surface area contributed by atoms with Crippen LogP contribution >= 0.6 is 11.6 Å². The van der Waals surface area contributed by atoms with Crippen LogP contribution in [0.2, 0.25) is 5.02 Å². The molecule has 2 heterocycles. The summed E-state index contributed by atoms with van der Waals surface area (Å²) in [5.41, 5.74) is 3.75. The number of carbonyl (C=O) groups excluding carboxylic acids is 1. The van der Waals surface area contributed by atoms with E-state index in [9.17, 15) is 4.79 Å². The van der Waals surface area contributed by atoms with Gasteiger partial charge in [-0.3, -0.25) is 14.2 Å². The summed E-state index contributed by atoms with van der Waals surface area (Å²) < 4.78 is 3.69. The van der Waals surface area contributed by atoms with Crippen LogP contribution in [0.25, 0.3) is 0 Å². The quantitative estimate of drug-likeness (QED) is 0.814. The highest BCUT2D eigenvalue weighted by molar-refractivity contribution is 6.31. The Bertz CT molecular complexity index is 704. The van der Waals surface area contributed by atoms with Crippen molar-refractivity contribution in [2.75, 3.05) is 7.05 Å². The van der Waals surface area contributed by atoms with Crippen LogP contribution in [0.4, 0.5) is 0 Å². The predicted octanol–water partition coefficient (Wildman–Crippen LogP) is 2.73. The van der Waals surface area contributed by atoms with E-state index in [1.54, 1.807) is 9.58 Å². The van der Waals surface area contributed by atoms with Gasteiger partial charge in [0.1, 0.15) is 0 Å². The van der Waals surface area contributed by atoms with Gasteiger partial charge < -0.3 is 4.90 Å². The van der Waals surface area contributed by atoms with Gasteiger partial charge in [-0.2, -0.15) is 10.2 Å². The van der Waals surface area contributed by atoms with Gasteiger partial charge in [0.25, 0.3) is 0 Å². The van der Waals surface area contributed by atoms with Gasteiger partial charge in [0.2, 0.25) is 5.91 Å². The molecule has 0 aliphatic rings. The standard InChI is InChI=1S/C16H24ClN5O/c1-6-21-10-14(11(2)18-21)9-20(5)15(23)7-8-22-13(4)16(17)12(3)19-22/h10H,6-9H2,1-5H3. The van der Waals surface area contributed by atoms with Crippen molar-refractivity contribution in [3.8, 4) is 0 Å². The Morgan fingerprint density at radius 3 is 2.48 bits per heavy atom. The highest BCUT2D eigenvalue weighted by atomic mass is 35.5. The number of hydrogen-bond donors (Lipinski definition) is 0. The molecule has 7 heteroatoms. The first-order valence-electron chi connectivity index (χ1n) is 7.79. The number of aromatic nitrogens is 4. The average Bonchev–Trinajstić information content (AvgIpc) is 2.99. The van der Waals surface area contributed by atoms with Crippen molar-refractivity contribution in [1.29, 1.82) is 0 Å². The van der Waals surface area contributed by atoms with Crippen LogP contribution in [0.15, 0.2) is 6.20 Å². The number of aryl methyl sites for hydroxylation is 4. The Hall–Kier alpha value is -1.82. The van der Waals surface area contributed by atoms with Crippen LogP contribution in [0.1, 0.15) is 36.0 Å². The summed E-state index contributed by atoms with van der Waals surface area (Å²) in [5, 5.41) is 9.44. The number of nitrogens with zero attached hydrogens (tertiary/aromatic N) is 5. The van der Waals surface area contributed by atoms with Crippen LogP contribution in [0.5, 0.6) is 0 Å². The van der Waals surface area contributed by atoms with Crippen LogP contribution < -0.4 is 0 Å². The second-order valence-electron chi connectivity index (χ2n) is 5.80. The molecule has 0 unspecified atom stereocenters. The van der Waals surface area contributed by atoms with E-state index < -0.39 is 0 Å². The van der Waals surface area contributed by atoms with Crippen molar-refractivity contribution in [1.82, 2.24) is 24.5 Å². The molecular weight excluding hydrogens is 314 g/mol. The molecular formula is C16H24ClN5O. The van der Waals surface area contributed by atoms with Gasteiger partial charge in [-0.05, 0) is 27.7 Å². The molecule has 0 aliphatic heterocycles. The van der Waals surface area contributed by atoms with E-state index in [4.69, 9.17) is 11.6 Å². The van der Waals surface area contributed by atoms with Gasteiger partial charge in [-0.15, -0.1) is 0 Å². The van der Waals surface area contributed by atoms with Gasteiger partial charge in [-0.25, -0.2) is 0 Å². The number of hydrogen-bond acceptors (Lipinski definition) is 3. The Morgan fingerprint density at radius 2 is 1.96 bits per heavy atom. The fourth-order valence-electron chi connectivity index (χ4n) is 2.51. The molecule has 0 bridgehead atoms. The number of carbonyl (C=O) groups is 1. The zero-order valence-corrected chi connectivity index (χ0v) is 15.2. The van der Waals surface area contributed by atoms with Gasteiger partial charge in [-0.1, -0.05) is 11.6 Å². The molecule has 0 fully saturated rings. The number of rotatable bonds is 6. The Labute approximate surface area is 142 Å². The fraction of sp³-hybridized carbons (Fsp3) is 0.562. The number of amides is 1. The van der Waals surface area contributed by atoms with E-state index in [1.807, 2.05) is 45.6 Å². The second-order valence-corrected chi connectivity index (χ2v) is 6.18. The van der Waals surface area contributed by atoms with E-state index in [1.165, 1.54) is 0 Å². The van der Waals surface area contributed by atoms with Crippen molar-refractivity contribution >= 4 is 17.5 Å². The normalized spacial score (nSPS) is 11.0. The molecule has 0 atom stereocenters. The number of halogens is 1. The molecule has 0 aliphatic carbocycles. The molecule has 2 aromatic heterocycles. The third-order valence-electron chi connectivity index (χ3n) is 4.04. The molecule has 0 saturated heterocycles. The maximum atomic E-state index is 12.3. The van der Waals surface area contributed by atoms with E-state index in [0.29, 0.717) is 24.5 Å². The van der Waals surface area contributed by atoms with Crippen molar-refractivity contribution in [3.63, 3.8) is 0 Å². The van der Waals surface area contributed by atoms with E-state index >= 15 is 0 Å². The monoisotopic (exact) mass is 337 g/mol. The summed E-state index contributed by atoms with van der Waals surface area (Å²) in [7, 11) is 1.82. The Morgan fingerprint density at radius 1 is 1.26 bits per heavy atom. The third kappa shape index (κ3) is 3.93. The van der Waals surface area contributed by atoms with Gasteiger partial charge in [0, 0.05) is 38.3 Å². The summed E-state index contributed by atoms with van der Waals surface area (Å²) >= 11 is 6.13. The molecule has 2 aromatic rings.